The molecule has 0 saturated heterocycles. The summed E-state index contributed by atoms with van der Waals surface area (Å²) in [4.78, 5) is 1.41. The molecule has 3 heteroatoms. The maximum atomic E-state index is 5.58. The lowest BCUT2D eigenvalue weighted by atomic mass is 10.2. The highest BCUT2D eigenvalue weighted by Gasteiger charge is 2.01. The number of hydrogen-bond acceptors (Lipinski definition) is 2. The normalized spacial score (nSPS) is 8.60. The number of aryl methyl sites for hydroxylation is 1. The van der Waals surface area contributed by atoms with Gasteiger partial charge < -0.3 is 5.84 Å². The summed E-state index contributed by atoms with van der Waals surface area (Å²) in [5.41, 5.74) is 1.95. The molecule has 0 atom stereocenters. The molecular formula is C12H21N3. The fourth-order valence-corrected chi connectivity index (χ4v) is 1.25. The monoisotopic (exact) mass is 207 g/mol. The van der Waals surface area contributed by atoms with Crippen LogP contribution < -0.4 is 5.84 Å². The van der Waals surface area contributed by atoms with E-state index in [0.29, 0.717) is 0 Å². The third kappa shape index (κ3) is 2.98. The highest BCUT2D eigenvalue weighted by atomic mass is 15.5. The maximum absolute atomic E-state index is 5.58. The Morgan fingerprint density at radius 2 is 1.60 bits per heavy atom. The highest BCUT2D eigenvalue weighted by Crippen LogP contribution is 2.14. The number of fused-ring (bicyclic) bond motifs is 1. The Hall–Kier alpha value is -1.51. The van der Waals surface area contributed by atoms with Crippen molar-refractivity contribution in [3.05, 3.63) is 30.0 Å². The van der Waals surface area contributed by atoms with Crippen LogP contribution in [0.15, 0.2) is 24.3 Å². The largest absolute Gasteiger partial charge is 0.323 e. The van der Waals surface area contributed by atoms with Gasteiger partial charge >= 0.3 is 0 Å². The molecule has 0 fully saturated rings. The minimum Gasteiger partial charge on any atom is -0.323 e. The zero-order valence-corrected chi connectivity index (χ0v) is 10.3. The average molecular weight is 207 g/mol. The number of benzene rings is 1. The quantitative estimate of drug-likeness (QED) is 0.674. The Labute approximate surface area is 91.9 Å². The molecule has 0 saturated carbocycles. The smallest absolute Gasteiger partial charge is 0.0918 e. The van der Waals surface area contributed by atoms with Crippen molar-refractivity contribution in [2.45, 2.75) is 34.6 Å². The van der Waals surface area contributed by atoms with Gasteiger partial charge in [-0.3, -0.25) is 0 Å². The molecule has 0 unspecified atom stereocenters. The Balaban J connectivity index is 0.000000442. The molecule has 0 amide bonds. The summed E-state index contributed by atoms with van der Waals surface area (Å²) >= 11 is 0. The molecule has 2 rings (SSSR count). The van der Waals surface area contributed by atoms with Crippen LogP contribution in [0.1, 0.15) is 33.4 Å². The lowest BCUT2D eigenvalue weighted by molar-refractivity contribution is 0.844. The standard InChI is InChI=1S/C8H9N3.2C2H6/c1-6-7-4-2-3-5-8(7)11(9)10-6;2*1-2/h2-5H,9H2,1H3;2*1-2H3. The first-order chi connectivity index (χ1) is 7.29. The molecule has 0 aliphatic rings. The summed E-state index contributed by atoms with van der Waals surface area (Å²) in [6, 6.07) is 7.90. The van der Waals surface area contributed by atoms with E-state index in [1.165, 1.54) is 4.79 Å². The molecule has 0 spiro atoms. The fourth-order valence-electron chi connectivity index (χ4n) is 1.25. The molecule has 0 radical (unpaired) electrons. The van der Waals surface area contributed by atoms with E-state index in [-0.39, 0.29) is 0 Å². The van der Waals surface area contributed by atoms with Crippen LogP contribution in [0, 0.1) is 6.92 Å². The molecule has 15 heavy (non-hydrogen) atoms. The molecule has 3 nitrogen and oxygen atoms in total. The van der Waals surface area contributed by atoms with Gasteiger partial charge in [0.15, 0.2) is 0 Å². The molecule has 0 bridgehead atoms. The Kier molecular flexibility index (Phi) is 6.18. The first-order valence-electron chi connectivity index (χ1n) is 5.48. The van der Waals surface area contributed by atoms with E-state index in [1.54, 1.807) is 0 Å². The van der Waals surface area contributed by atoms with Crippen LogP contribution in [0.5, 0.6) is 0 Å². The van der Waals surface area contributed by atoms with Gasteiger partial charge in [0.2, 0.25) is 0 Å². The first-order valence-corrected chi connectivity index (χ1v) is 5.48. The minimum atomic E-state index is 0.975. The molecule has 1 heterocycles. The summed E-state index contributed by atoms with van der Waals surface area (Å²) in [6.45, 7) is 9.95. The second-order valence-electron chi connectivity index (χ2n) is 2.55. The van der Waals surface area contributed by atoms with Gasteiger partial charge in [-0.2, -0.15) is 9.89 Å². The van der Waals surface area contributed by atoms with E-state index in [0.717, 1.165) is 16.6 Å². The van der Waals surface area contributed by atoms with Crippen molar-refractivity contribution < 1.29 is 0 Å². The first kappa shape index (κ1) is 13.5. The second kappa shape index (κ2) is 6.87. The van der Waals surface area contributed by atoms with Crippen molar-refractivity contribution in [2.24, 2.45) is 0 Å². The van der Waals surface area contributed by atoms with Crippen LogP contribution in [0.2, 0.25) is 0 Å². The van der Waals surface area contributed by atoms with Crippen molar-refractivity contribution in [3.63, 3.8) is 0 Å². The Morgan fingerprint density at radius 1 is 1.07 bits per heavy atom. The van der Waals surface area contributed by atoms with Crippen LogP contribution in [0.4, 0.5) is 0 Å². The van der Waals surface area contributed by atoms with Crippen LogP contribution in [-0.2, 0) is 0 Å². The third-order valence-corrected chi connectivity index (χ3v) is 1.80. The summed E-state index contributed by atoms with van der Waals surface area (Å²) < 4.78 is 0. The summed E-state index contributed by atoms with van der Waals surface area (Å²) in [5, 5.41) is 5.20. The molecule has 1 aromatic heterocycles. The van der Waals surface area contributed by atoms with E-state index in [1.807, 2.05) is 58.9 Å². The molecule has 84 valence electrons. The zero-order valence-electron chi connectivity index (χ0n) is 10.3. The molecule has 1 aromatic carbocycles. The van der Waals surface area contributed by atoms with E-state index in [2.05, 4.69) is 5.10 Å². The third-order valence-electron chi connectivity index (χ3n) is 1.80. The predicted molar refractivity (Wildman–Crippen MR) is 67.3 cm³/mol. The number of aromatic nitrogens is 2. The van der Waals surface area contributed by atoms with Crippen molar-refractivity contribution >= 4 is 10.9 Å². The maximum Gasteiger partial charge on any atom is 0.0918 e. The van der Waals surface area contributed by atoms with Gasteiger partial charge in [-0.15, -0.1) is 0 Å². The van der Waals surface area contributed by atoms with Gasteiger partial charge in [0.1, 0.15) is 0 Å². The molecule has 0 aliphatic heterocycles. The molecule has 2 N–H and O–H groups in total. The molecule has 2 aromatic rings. The van der Waals surface area contributed by atoms with Crippen molar-refractivity contribution in [3.8, 4) is 0 Å². The fraction of sp³-hybridized carbons (Fsp3) is 0.417. The van der Waals surface area contributed by atoms with E-state index in [4.69, 9.17) is 5.84 Å². The molecule has 0 aliphatic carbocycles. The van der Waals surface area contributed by atoms with Crippen LogP contribution in [-0.4, -0.2) is 9.89 Å². The number of para-hydroxylation sites is 1. The van der Waals surface area contributed by atoms with Crippen molar-refractivity contribution in [2.75, 3.05) is 5.84 Å². The van der Waals surface area contributed by atoms with Crippen molar-refractivity contribution in [1.82, 2.24) is 9.89 Å². The van der Waals surface area contributed by atoms with Gasteiger partial charge in [-0.05, 0) is 13.0 Å². The number of rotatable bonds is 0. The highest BCUT2D eigenvalue weighted by molar-refractivity contribution is 5.81. The van der Waals surface area contributed by atoms with Gasteiger partial charge in [0, 0.05) is 5.39 Å². The van der Waals surface area contributed by atoms with E-state index in [9.17, 15) is 0 Å². The van der Waals surface area contributed by atoms with Gasteiger partial charge in [-0.1, -0.05) is 45.9 Å². The topological polar surface area (TPSA) is 43.8 Å². The number of nitrogens with two attached hydrogens (primary N) is 1. The van der Waals surface area contributed by atoms with Crippen LogP contribution in [0.25, 0.3) is 10.9 Å². The average Bonchev–Trinajstić information content (AvgIpc) is 2.61. The van der Waals surface area contributed by atoms with Crippen molar-refractivity contribution in [1.29, 1.82) is 0 Å². The second-order valence-corrected chi connectivity index (χ2v) is 2.55. The lowest BCUT2D eigenvalue weighted by Crippen LogP contribution is -2.09. The van der Waals surface area contributed by atoms with Crippen LogP contribution in [0.3, 0.4) is 0 Å². The SMILES string of the molecule is CC.CC.Cc1nn(N)c2ccccc12. The Bertz CT molecular complexity index is 355. The number of nitrogen functional groups attached to an aromatic ring is 1. The number of nitrogens with zero attached hydrogens (tertiary/aromatic N) is 2. The Morgan fingerprint density at radius 3 is 2.13 bits per heavy atom. The zero-order chi connectivity index (χ0) is 11.8. The van der Waals surface area contributed by atoms with E-state index < -0.39 is 0 Å². The summed E-state index contributed by atoms with van der Waals surface area (Å²) in [7, 11) is 0. The van der Waals surface area contributed by atoms with E-state index >= 15 is 0 Å². The van der Waals surface area contributed by atoms with Gasteiger partial charge in [0.25, 0.3) is 0 Å². The van der Waals surface area contributed by atoms with Gasteiger partial charge in [-0.25, -0.2) is 0 Å². The lowest BCUT2D eigenvalue weighted by Gasteiger charge is -1.90. The van der Waals surface area contributed by atoms with Gasteiger partial charge in [0.05, 0.1) is 11.2 Å². The summed E-state index contributed by atoms with van der Waals surface area (Å²) in [6.07, 6.45) is 0. The van der Waals surface area contributed by atoms with Crippen LogP contribution >= 0.6 is 0 Å². The number of hydrogen-bond donors (Lipinski definition) is 1. The predicted octanol–water partition coefficient (Wildman–Crippen LogP) is 3.11. The minimum absolute atomic E-state index is 0.975. The summed E-state index contributed by atoms with van der Waals surface area (Å²) in [5.74, 6) is 5.58. The molecular weight excluding hydrogens is 186 g/mol.